The van der Waals surface area contributed by atoms with Gasteiger partial charge < -0.3 is 11.5 Å². The molecule has 0 amide bonds. The van der Waals surface area contributed by atoms with Gasteiger partial charge in [0.05, 0.1) is 0 Å². The monoisotopic (exact) mass is 164 g/mol. The summed E-state index contributed by atoms with van der Waals surface area (Å²) < 4.78 is 0. The third-order valence-corrected chi connectivity index (χ3v) is 1.85. The minimum absolute atomic E-state index is 0.0752. The number of hydrogen-bond acceptors (Lipinski definition) is 2. The van der Waals surface area contributed by atoms with Crippen LogP contribution >= 0.6 is 0 Å². The van der Waals surface area contributed by atoms with Crippen molar-refractivity contribution < 1.29 is 0 Å². The van der Waals surface area contributed by atoms with Crippen LogP contribution in [0.25, 0.3) is 0 Å². The van der Waals surface area contributed by atoms with E-state index < -0.39 is 0 Å². The lowest BCUT2D eigenvalue weighted by atomic mass is 10.0. The second-order valence-corrected chi connectivity index (χ2v) is 3.23. The Morgan fingerprint density at radius 3 is 2.25 bits per heavy atom. The second-order valence-electron chi connectivity index (χ2n) is 3.23. The van der Waals surface area contributed by atoms with Crippen LogP contribution in [0.2, 0.25) is 0 Å². The summed E-state index contributed by atoms with van der Waals surface area (Å²) in [4.78, 5) is 0. The van der Waals surface area contributed by atoms with E-state index in [-0.39, 0.29) is 12.1 Å². The quantitative estimate of drug-likeness (QED) is 0.710. The smallest absolute Gasteiger partial charge is 0.0309 e. The number of nitrogens with two attached hydrogens (primary N) is 2. The van der Waals surface area contributed by atoms with E-state index in [1.165, 1.54) is 0 Å². The van der Waals surface area contributed by atoms with Gasteiger partial charge in [-0.15, -0.1) is 0 Å². The van der Waals surface area contributed by atoms with Crippen LogP contribution in [0.1, 0.15) is 24.9 Å². The van der Waals surface area contributed by atoms with Crippen molar-refractivity contribution in [2.45, 2.75) is 25.4 Å². The van der Waals surface area contributed by atoms with Crippen molar-refractivity contribution in [2.75, 3.05) is 0 Å². The molecule has 0 heterocycles. The first-order valence-electron chi connectivity index (χ1n) is 4.26. The summed E-state index contributed by atoms with van der Waals surface area (Å²) in [5, 5.41) is 0. The highest BCUT2D eigenvalue weighted by Gasteiger charge is 2.06. The molecule has 4 N–H and O–H groups in total. The van der Waals surface area contributed by atoms with Gasteiger partial charge in [0, 0.05) is 12.1 Å². The average Bonchev–Trinajstić information content (AvgIpc) is 2.05. The first kappa shape index (κ1) is 9.23. The zero-order chi connectivity index (χ0) is 8.97. The summed E-state index contributed by atoms with van der Waals surface area (Å²) in [6.45, 7) is 1.98. The Labute approximate surface area is 73.6 Å². The molecule has 12 heavy (non-hydrogen) atoms. The fourth-order valence-corrected chi connectivity index (χ4v) is 1.24. The third-order valence-electron chi connectivity index (χ3n) is 1.85. The topological polar surface area (TPSA) is 52.0 Å². The molecule has 2 heteroatoms. The Morgan fingerprint density at radius 2 is 1.75 bits per heavy atom. The van der Waals surface area contributed by atoms with Crippen molar-refractivity contribution in [3.8, 4) is 0 Å². The van der Waals surface area contributed by atoms with E-state index in [0.717, 1.165) is 12.0 Å². The van der Waals surface area contributed by atoms with Gasteiger partial charge in [0.25, 0.3) is 0 Å². The van der Waals surface area contributed by atoms with Crippen LogP contribution < -0.4 is 11.5 Å². The fraction of sp³-hybridized carbons (Fsp3) is 0.400. The summed E-state index contributed by atoms with van der Waals surface area (Å²) in [7, 11) is 0. The van der Waals surface area contributed by atoms with E-state index in [1.807, 2.05) is 37.3 Å². The standard InChI is InChI=1S/C10H16N2/c1-8(11)7-10(12)9-5-3-2-4-6-9/h2-6,8,10H,7,11-12H2,1H3. The third kappa shape index (κ3) is 2.64. The van der Waals surface area contributed by atoms with Crippen molar-refractivity contribution in [2.24, 2.45) is 11.5 Å². The van der Waals surface area contributed by atoms with Crippen molar-refractivity contribution in [1.29, 1.82) is 0 Å². The van der Waals surface area contributed by atoms with Gasteiger partial charge in [-0.3, -0.25) is 0 Å². The van der Waals surface area contributed by atoms with Gasteiger partial charge in [-0.2, -0.15) is 0 Å². The lowest BCUT2D eigenvalue weighted by molar-refractivity contribution is 0.568. The zero-order valence-electron chi connectivity index (χ0n) is 7.40. The van der Waals surface area contributed by atoms with Crippen molar-refractivity contribution in [3.05, 3.63) is 35.9 Å². The Morgan fingerprint density at radius 1 is 1.17 bits per heavy atom. The van der Waals surface area contributed by atoms with Gasteiger partial charge in [-0.1, -0.05) is 30.3 Å². The van der Waals surface area contributed by atoms with Crippen LogP contribution in [0.5, 0.6) is 0 Å². The van der Waals surface area contributed by atoms with Gasteiger partial charge in [0.2, 0.25) is 0 Å². The summed E-state index contributed by atoms with van der Waals surface area (Å²) in [6, 6.07) is 10.3. The number of benzene rings is 1. The molecule has 66 valence electrons. The van der Waals surface area contributed by atoms with Gasteiger partial charge in [0.1, 0.15) is 0 Å². The molecule has 0 aliphatic rings. The van der Waals surface area contributed by atoms with E-state index in [4.69, 9.17) is 11.5 Å². The first-order chi connectivity index (χ1) is 5.70. The lowest BCUT2D eigenvalue weighted by Gasteiger charge is -2.13. The van der Waals surface area contributed by atoms with E-state index in [9.17, 15) is 0 Å². The molecule has 1 aromatic rings. The molecule has 2 unspecified atom stereocenters. The van der Waals surface area contributed by atoms with Crippen molar-refractivity contribution >= 4 is 0 Å². The van der Waals surface area contributed by atoms with Crippen LogP contribution in [0.15, 0.2) is 30.3 Å². The molecule has 0 aromatic heterocycles. The predicted molar refractivity (Wildman–Crippen MR) is 51.6 cm³/mol. The van der Waals surface area contributed by atoms with Crippen molar-refractivity contribution in [1.82, 2.24) is 0 Å². The van der Waals surface area contributed by atoms with E-state index in [2.05, 4.69) is 0 Å². The lowest BCUT2D eigenvalue weighted by Crippen LogP contribution is -2.23. The highest BCUT2D eigenvalue weighted by atomic mass is 14.7. The maximum atomic E-state index is 5.92. The Bertz CT molecular complexity index is 219. The molecule has 0 bridgehead atoms. The molecule has 2 nitrogen and oxygen atoms in total. The highest BCUT2D eigenvalue weighted by Crippen LogP contribution is 2.13. The molecule has 0 aliphatic carbocycles. The fourth-order valence-electron chi connectivity index (χ4n) is 1.24. The number of hydrogen-bond donors (Lipinski definition) is 2. The molecule has 0 saturated carbocycles. The predicted octanol–water partition coefficient (Wildman–Crippen LogP) is 1.42. The number of rotatable bonds is 3. The average molecular weight is 164 g/mol. The zero-order valence-corrected chi connectivity index (χ0v) is 7.40. The van der Waals surface area contributed by atoms with E-state index >= 15 is 0 Å². The molecule has 1 rings (SSSR count). The highest BCUT2D eigenvalue weighted by molar-refractivity contribution is 5.18. The van der Waals surface area contributed by atoms with Gasteiger partial charge in [0.15, 0.2) is 0 Å². The minimum Gasteiger partial charge on any atom is -0.328 e. The summed E-state index contributed by atoms with van der Waals surface area (Å²) in [5.74, 6) is 0. The maximum Gasteiger partial charge on any atom is 0.0309 e. The van der Waals surface area contributed by atoms with Crippen LogP contribution in [0.3, 0.4) is 0 Å². The summed E-state index contributed by atoms with van der Waals surface area (Å²) in [6.07, 6.45) is 0.837. The molecular formula is C10H16N2. The van der Waals surface area contributed by atoms with E-state index in [1.54, 1.807) is 0 Å². The first-order valence-corrected chi connectivity index (χ1v) is 4.26. The molecular weight excluding hydrogens is 148 g/mol. The maximum absolute atomic E-state index is 5.92. The molecule has 0 fully saturated rings. The molecule has 1 aromatic carbocycles. The van der Waals surface area contributed by atoms with E-state index in [0.29, 0.717) is 0 Å². The second kappa shape index (κ2) is 4.24. The van der Waals surface area contributed by atoms with Gasteiger partial charge >= 0.3 is 0 Å². The summed E-state index contributed by atoms with van der Waals surface area (Å²) in [5.41, 5.74) is 12.7. The summed E-state index contributed by atoms with van der Waals surface area (Å²) >= 11 is 0. The Balaban J connectivity index is 2.59. The van der Waals surface area contributed by atoms with Gasteiger partial charge in [-0.25, -0.2) is 0 Å². The molecule has 0 spiro atoms. The Kier molecular flexibility index (Phi) is 3.26. The van der Waals surface area contributed by atoms with Crippen LogP contribution in [0.4, 0.5) is 0 Å². The van der Waals surface area contributed by atoms with Crippen molar-refractivity contribution in [3.63, 3.8) is 0 Å². The SMILES string of the molecule is CC(N)CC(N)c1ccccc1. The van der Waals surface area contributed by atoms with Gasteiger partial charge in [-0.05, 0) is 18.9 Å². The van der Waals surface area contributed by atoms with Crippen LogP contribution in [-0.2, 0) is 0 Å². The normalized spacial score (nSPS) is 15.6. The molecule has 0 radical (unpaired) electrons. The molecule has 0 aliphatic heterocycles. The minimum atomic E-state index is 0.0752. The molecule has 2 atom stereocenters. The van der Waals surface area contributed by atoms with Crippen LogP contribution in [-0.4, -0.2) is 6.04 Å². The van der Waals surface area contributed by atoms with Crippen LogP contribution in [0, 0.1) is 0 Å². The Hall–Kier alpha value is -0.860. The molecule has 0 saturated heterocycles. The largest absolute Gasteiger partial charge is 0.328 e.